The van der Waals surface area contributed by atoms with E-state index in [-0.39, 0.29) is 18.1 Å². The Hall–Kier alpha value is -1.47. The van der Waals surface area contributed by atoms with Crippen molar-refractivity contribution in [1.29, 1.82) is 0 Å². The smallest absolute Gasteiger partial charge is 0.276 e. The minimum Gasteiger partial charge on any atom is -0.376 e. The van der Waals surface area contributed by atoms with Crippen LogP contribution in [0, 0.1) is 0 Å². The van der Waals surface area contributed by atoms with Crippen LogP contribution in [0.25, 0.3) is 0 Å². The first kappa shape index (κ1) is 14.5. The Kier molecular flexibility index (Phi) is 4.50. The molecule has 3 rings (SSSR count). The van der Waals surface area contributed by atoms with E-state index in [0.717, 1.165) is 44.5 Å². The normalized spacial score (nSPS) is 26.8. The lowest BCUT2D eigenvalue weighted by Gasteiger charge is -2.19. The van der Waals surface area contributed by atoms with Gasteiger partial charge in [0.25, 0.3) is 5.91 Å². The zero-order chi connectivity index (χ0) is 14.7. The maximum absolute atomic E-state index is 12.7. The number of aromatic nitrogens is 3. The monoisotopic (exact) mass is 293 g/mol. The average molecular weight is 293 g/mol. The van der Waals surface area contributed by atoms with Gasteiger partial charge < -0.3 is 15.0 Å². The van der Waals surface area contributed by atoms with Crippen molar-refractivity contribution < 1.29 is 9.53 Å². The third-order valence-electron chi connectivity index (χ3n) is 4.35. The van der Waals surface area contributed by atoms with Crippen molar-refractivity contribution in [3.8, 4) is 0 Å². The molecule has 2 unspecified atom stereocenters. The molecule has 0 aromatic carbocycles. The highest BCUT2D eigenvalue weighted by Gasteiger charge is 2.29. The first-order valence-corrected chi connectivity index (χ1v) is 7.84. The molecule has 0 radical (unpaired) electrons. The second-order valence-corrected chi connectivity index (χ2v) is 5.69. The number of hydrogen-bond donors (Lipinski definition) is 2. The highest BCUT2D eigenvalue weighted by Crippen LogP contribution is 2.24. The molecule has 0 saturated carbocycles. The summed E-state index contributed by atoms with van der Waals surface area (Å²) < 4.78 is 5.73. The van der Waals surface area contributed by atoms with Crippen molar-refractivity contribution in [2.75, 3.05) is 26.2 Å². The van der Waals surface area contributed by atoms with Gasteiger partial charge >= 0.3 is 0 Å². The highest BCUT2D eigenvalue weighted by atomic mass is 16.5. The average Bonchev–Trinajstić information content (AvgIpc) is 3.13. The first-order valence-electron chi connectivity index (χ1n) is 7.84. The van der Waals surface area contributed by atoms with E-state index in [4.69, 9.17) is 4.74 Å². The predicted octanol–water partition coefficient (Wildman–Crippen LogP) is 0.870. The molecular weight excluding hydrogens is 270 g/mol. The SMILES string of the molecule is CCC1CCN(C(=O)c2n[nH]nc2C2CCCN2)CCO1. The van der Waals surface area contributed by atoms with E-state index in [1.54, 1.807) is 0 Å². The number of amides is 1. The molecule has 1 aromatic rings. The van der Waals surface area contributed by atoms with Crippen LogP contribution in [0.15, 0.2) is 0 Å². The number of nitrogens with zero attached hydrogens (tertiary/aromatic N) is 3. The molecule has 2 saturated heterocycles. The number of rotatable bonds is 3. The van der Waals surface area contributed by atoms with E-state index in [9.17, 15) is 4.79 Å². The molecule has 0 aliphatic carbocycles. The highest BCUT2D eigenvalue weighted by molar-refractivity contribution is 5.93. The molecule has 1 aromatic heterocycles. The van der Waals surface area contributed by atoms with Gasteiger partial charge in [0.15, 0.2) is 5.69 Å². The lowest BCUT2D eigenvalue weighted by molar-refractivity contribution is 0.0568. The van der Waals surface area contributed by atoms with Crippen molar-refractivity contribution in [2.24, 2.45) is 0 Å². The molecule has 2 aliphatic rings. The van der Waals surface area contributed by atoms with Gasteiger partial charge in [-0.15, -0.1) is 0 Å². The quantitative estimate of drug-likeness (QED) is 0.864. The molecule has 0 bridgehead atoms. The molecule has 2 atom stereocenters. The summed E-state index contributed by atoms with van der Waals surface area (Å²) in [5.41, 5.74) is 1.22. The maximum Gasteiger partial charge on any atom is 0.276 e. The lowest BCUT2D eigenvalue weighted by Crippen LogP contribution is -2.34. The van der Waals surface area contributed by atoms with E-state index in [1.165, 1.54) is 0 Å². The molecule has 7 nitrogen and oxygen atoms in total. The number of nitrogens with one attached hydrogen (secondary N) is 2. The molecule has 2 aliphatic heterocycles. The summed E-state index contributed by atoms with van der Waals surface area (Å²) in [5, 5.41) is 14.3. The van der Waals surface area contributed by atoms with Crippen molar-refractivity contribution in [3.63, 3.8) is 0 Å². The fraction of sp³-hybridized carbons (Fsp3) is 0.786. The largest absolute Gasteiger partial charge is 0.376 e. The van der Waals surface area contributed by atoms with Gasteiger partial charge in [0.05, 0.1) is 18.8 Å². The molecule has 116 valence electrons. The molecule has 0 spiro atoms. The van der Waals surface area contributed by atoms with Crippen LogP contribution in [0.3, 0.4) is 0 Å². The van der Waals surface area contributed by atoms with Crippen LogP contribution < -0.4 is 5.32 Å². The Morgan fingerprint density at radius 3 is 3.05 bits per heavy atom. The van der Waals surface area contributed by atoms with Gasteiger partial charge in [-0.05, 0) is 32.2 Å². The van der Waals surface area contributed by atoms with Crippen molar-refractivity contribution in [2.45, 2.75) is 44.8 Å². The minimum atomic E-state index is -0.0344. The molecule has 7 heteroatoms. The Morgan fingerprint density at radius 1 is 1.38 bits per heavy atom. The molecule has 1 amide bonds. The fourth-order valence-corrected chi connectivity index (χ4v) is 3.06. The molecule has 3 heterocycles. The molecule has 21 heavy (non-hydrogen) atoms. The van der Waals surface area contributed by atoms with Gasteiger partial charge in [0.2, 0.25) is 0 Å². The summed E-state index contributed by atoms with van der Waals surface area (Å²) >= 11 is 0. The fourth-order valence-electron chi connectivity index (χ4n) is 3.06. The second kappa shape index (κ2) is 6.53. The molecule has 2 fully saturated rings. The summed E-state index contributed by atoms with van der Waals surface area (Å²) in [4.78, 5) is 14.5. The standard InChI is InChI=1S/C14H23N5O2/c1-2-10-5-7-19(8-9-21-10)14(20)13-12(16-18-17-13)11-4-3-6-15-11/h10-11,15H,2-9H2,1H3,(H,16,17,18). The number of hydrogen-bond acceptors (Lipinski definition) is 5. The number of H-pyrrole nitrogens is 1. The van der Waals surface area contributed by atoms with E-state index in [2.05, 4.69) is 27.7 Å². The third-order valence-corrected chi connectivity index (χ3v) is 4.35. The van der Waals surface area contributed by atoms with Crippen LogP contribution in [0.4, 0.5) is 0 Å². The van der Waals surface area contributed by atoms with E-state index in [0.29, 0.717) is 18.8 Å². The summed E-state index contributed by atoms with van der Waals surface area (Å²) in [5.74, 6) is -0.0344. The van der Waals surface area contributed by atoms with Crippen molar-refractivity contribution in [3.05, 3.63) is 11.4 Å². The van der Waals surface area contributed by atoms with Gasteiger partial charge in [-0.3, -0.25) is 4.79 Å². The molecule has 2 N–H and O–H groups in total. The lowest BCUT2D eigenvalue weighted by atomic mass is 10.1. The van der Waals surface area contributed by atoms with Gasteiger partial charge in [-0.2, -0.15) is 15.4 Å². The van der Waals surface area contributed by atoms with Gasteiger partial charge in [0.1, 0.15) is 5.69 Å². The van der Waals surface area contributed by atoms with Gasteiger partial charge in [-0.25, -0.2) is 0 Å². The summed E-state index contributed by atoms with van der Waals surface area (Å²) in [6.07, 6.45) is 4.26. The Bertz CT molecular complexity index is 483. The number of carbonyl (C=O) groups excluding carboxylic acids is 1. The van der Waals surface area contributed by atoms with Crippen molar-refractivity contribution >= 4 is 5.91 Å². The van der Waals surface area contributed by atoms with Crippen LogP contribution in [-0.2, 0) is 4.74 Å². The number of aromatic amines is 1. The van der Waals surface area contributed by atoms with Crippen LogP contribution in [0.2, 0.25) is 0 Å². The van der Waals surface area contributed by atoms with Crippen LogP contribution in [0.5, 0.6) is 0 Å². The Morgan fingerprint density at radius 2 is 2.29 bits per heavy atom. The third kappa shape index (κ3) is 3.08. The molecular formula is C14H23N5O2. The second-order valence-electron chi connectivity index (χ2n) is 5.69. The minimum absolute atomic E-state index is 0.0344. The summed E-state index contributed by atoms with van der Waals surface area (Å²) in [6, 6.07) is 0.148. The zero-order valence-corrected chi connectivity index (χ0v) is 12.5. The summed E-state index contributed by atoms with van der Waals surface area (Å²) in [7, 11) is 0. The van der Waals surface area contributed by atoms with Crippen LogP contribution >= 0.6 is 0 Å². The van der Waals surface area contributed by atoms with Crippen molar-refractivity contribution in [1.82, 2.24) is 25.6 Å². The maximum atomic E-state index is 12.7. The predicted molar refractivity (Wildman–Crippen MR) is 76.9 cm³/mol. The first-order chi connectivity index (χ1) is 10.3. The summed E-state index contributed by atoms with van der Waals surface area (Å²) in [6.45, 7) is 5.03. The number of ether oxygens (including phenoxy) is 1. The number of carbonyl (C=O) groups is 1. The van der Waals surface area contributed by atoms with Gasteiger partial charge in [-0.1, -0.05) is 6.92 Å². The topological polar surface area (TPSA) is 83.1 Å². The van der Waals surface area contributed by atoms with E-state index >= 15 is 0 Å². The Balaban J connectivity index is 1.71. The van der Waals surface area contributed by atoms with Gasteiger partial charge in [0, 0.05) is 13.1 Å². The van der Waals surface area contributed by atoms with Crippen LogP contribution in [-0.4, -0.2) is 58.6 Å². The van der Waals surface area contributed by atoms with E-state index in [1.807, 2.05) is 4.90 Å². The zero-order valence-electron chi connectivity index (χ0n) is 12.5. The van der Waals surface area contributed by atoms with Crippen LogP contribution in [0.1, 0.15) is 54.8 Å². The van der Waals surface area contributed by atoms with E-state index < -0.39 is 0 Å². The Labute approximate surface area is 124 Å².